The molecule has 8 aromatic rings. The number of benzene rings is 7. The van der Waals surface area contributed by atoms with Crippen LogP contribution < -0.4 is 10.1 Å². The van der Waals surface area contributed by atoms with Crippen LogP contribution in [-0.2, 0) is 5.41 Å². The van der Waals surface area contributed by atoms with Crippen LogP contribution in [-0.4, -0.2) is 0 Å². The molecular weight excluding hydrogens is 562 g/mol. The van der Waals surface area contributed by atoms with Crippen LogP contribution in [0.3, 0.4) is 0 Å². The van der Waals surface area contributed by atoms with Crippen molar-refractivity contribution < 1.29 is 9.15 Å². The topological polar surface area (TPSA) is 34.4 Å². The predicted molar refractivity (Wildman–Crippen MR) is 186 cm³/mol. The Morgan fingerprint density at radius 1 is 0.413 bits per heavy atom. The summed E-state index contributed by atoms with van der Waals surface area (Å²) in [6.45, 7) is 0. The van der Waals surface area contributed by atoms with E-state index in [2.05, 4.69) is 151 Å². The largest absolute Gasteiger partial charge is 0.457 e. The highest BCUT2D eigenvalue weighted by Gasteiger charge is 2.50. The molecule has 2 aliphatic rings. The van der Waals surface area contributed by atoms with Crippen molar-refractivity contribution >= 4 is 33.3 Å². The highest BCUT2D eigenvalue weighted by molar-refractivity contribution is 6.06. The molecule has 1 spiro atoms. The Hall–Kier alpha value is -6.06. The number of hydrogen-bond donors (Lipinski definition) is 1. The van der Waals surface area contributed by atoms with Crippen LogP contribution in [0.5, 0.6) is 11.5 Å². The fourth-order valence-corrected chi connectivity index (χ4v) is 7.78. The van der Waals surface area contributed by atoms with Gasteiger partial charge in [0.15, 0.2) is 0 Å². The molecule has 0 fully saturated rings. The van der Waals surface area contributed by atoms with Crippen LogP contribution >= 0.6 is 0 Å². The summed E-state index contributed by atoms with van der Waals surface area (Å²) < 4.78 is 12.7. The Balaban J connectivity index is 1.10. The summed E-state index contributed by atoms with van der Waals surface area (Å²) in [5, 5.41) is 5.99. The minimum Gasteiger partial charge on any atom is -0.457 e. The molecule has 10 rings (SSSR count). The van der Waals surface area contributed by atoms with Gasteiger partial charge in [-0.3, -0.25) is 0 Å². The summed E-state index contributed by atoms with van der Waals surface area (Å²) in [6.07, 6.45) is 0. The van der Waals surface area contributed by atoms with Crippen molar-refractivity contribution in [3.8, 4) is 33.8 Å². The van der Waals surface area contributed by atoms with Crippen molar-refractivity contribution in [3.63, 3.8) is 0 Å². The zero-order valence-corrected chi connectivity index (χ0v) is 24.8. The average molecular weight is 590 g/mol. The smallest absolute Gasteiger partial charge is 0.135 e. The van der Waals surface area contributed by atoms with Gasteiger partial charge < -0.3 is 14.5 Å². The number of furan rings is 1. The molecule has 1 aliphatic carbocycles. The molecule has 0 amide bonds. The first-order chi connectivity index (χ1) is 22.8. The fraction of sp³-hybridized carbons (Fsp3) is 0.0233. The van der Waals surface area contributed by atoms with Gasteiger partial charge in [-0.05, 0) is 88.0 Å². The quantitative estimate of drug-likeness (QED) is 0.223. The van der Waals surface area contributed by atoms with Crippen molar-refractivity contribution in [2.45, 2.75) is 5.41 Å². The van der Waals surface area contributed by atoms with Gasteiger partial charge in [0.1, 0.15) is 22.7 Å². The van der Waals surface area contributed by atoms with Gasteiger partial charge in [-0.1, -0.05) is 103 Å². The highest BCUT2D eigenvalue weighted by Crippen LogP contribution is 2.62. The molecule has 0 saturated carbocycles. The third-order valence-corrected chi connectivity index (χ3v) is 9.71. The second-order valence-corrected chi connectivity index (χ2v) is 12.2. The van der Waals surface area contributed by atoms with Gasteiger partial charge in [0.2, 0.25) is 0 Å². The van der Waals surface area contributed by atoms with E-state index in [-0.39, 0.29) is 0 Å². The summed E-state index contributed by atoms with van der Waals surface area (Å²) in [4.78, 5) is 0. The predicted octanol–water partition coefficient (Wildman–Crippen LogP) is 11.5. The molecule has 1 N–H and O–H groups in total. The van der Waals surface area contributed by atoms with Gasteiger partial charge in [-0.2, -0.15) is 0 Å². The zero-order chi connectivity index (χ0) is 30.2. The molecule has 7 aromatic carbocycles. The maximum absolute atomic E-state index is 6.60. The molecule has 216 valence electrons. The van der Waals surface area contributed by atoms with Gasteiger partial charge in [-0.25, -0.2) is 0 Å². The standard InChI is InChI=1S/C43H27NO2/c1-4-15-35-31(12-1)32-13-2-5-16-36(32)43(35)37-17-6-8-19-41(37)46-42-23-21-30(26-38(42)43)44-29-11-9-10-27(24-29)28-20-22-40-34(25-28)33-14-3-7-18-39(33)45-40/h1-26,44H. The second-order valence-electron chi connectivity index (χ2n) is 12.2. The maximum atomic E-state index is 6.60. The summed E-state index contributed by atoms with van der Waals surface area (Å²) in [5.41, 5.74) is 13.1. The van der Waals surface area contributed by atoms with E-state index >= 15 is 0 Å². The minimum atomic E-state index is -0.486. The number of ether oxygens (including phenoxy) is 1. The molecule has 3 heteroatoms. The zero-order valence-electron chi connectivity index (χ0n) is 24.8. The van der Waals surface area contributed by atoms with Gasteiger partial charge in [0.05, 0.1) is 5.41 Å². The van der Waals surface area contributed by atoms with Crippen LogP contribution in [0.25, 0.3) is 44.2 Å². The SMILES string of the molecule is c1cc(Nc2ccc3c(c2)C2(c4ccccc4O3)c3ccccc3-c3ccccc32)cc(-c2ccc3oc4ccccc4c3c2)c1. The normalized spacial score (nSPS) is 13.6. The van der Waals surface area contributed by atoms with Crippen molar-refractivity contribution in [3.05, 3.63) is 180 Å². The lowest BCUT2D eigenvalue weighted by Crippen LogP contribution is -2.32. The molecule has 2 heterocycles. The lowest BCUT2D eigenvalue weighted by molar-refractivity contribution is 0.436. The van der Waals surface area contributed by atoms with E-state index in [0.29, 0.717) is 0 Å². The van der Waals surface area contributed by atoms with Gasteiger partial charge in [0, 0.05) is 33.3 Å². The number of nitrogens with one attached hydrogen (secondary N) is 1. The maximum Gasteiger partial charge on any atom is 0.135 e. The van der Waals surface area contributed by atoms with Crippen LogP contribution in [0.1, 0.15) is 22.3 Å². The van der Waals surface area contributed by atoms with Crippen molar-refractivity contribution in [2.24, 2.45) is 0 Å². The Bertz CT molecular complexity index is 2460. The summed E-state index contributed by atoms with van der Waals surface area (Å²) in [7, 11) is 0. The third kappa shape index (κ3) is 3.48. The Morgan fingerprint density at radius 2 is 1.07 bits per heavy atom. The summed E-state index contributed by atoms with van der Waals surface area (Å²) in [6, 6.07) is 55.9. The summed E-state index contributed by atoms with van der Waals surface area (Å²) in [5.74, 6) is 1.78. The van der Waals surface area contributed by atoms with Gasteiger partial charge in [0.25, 0.3) is 0 Å². The minimum absolute atomic E-state index is 0.486. The molecule has 1 aromatic heterocycles. The van der Waals surface area contributed by atoms with Crippen LogP contribution in [0.2, 0.25) is 0 Å². The first kappa shape index (κ1) is 25.3. The Labute approximate surface area is 266 Å². The van der Waals surface area contributed by atoms with E-state index in [0.717, 1.165) is 61.5 Å². The highest BCUT2D eigenvalue weighted by atomic mass is 16.5. The molecule has 0 unspecified atom stereocenters. The molecule has 0 bridgehead atoms. The third-order valence-electron chi connectivity index (χ3n) is 9.71. The van der Waals surface area contributed by atoms with Gasteiger partial charge in [-0.15, -0.1) is 0 Å². The van der Waals surface area contributed by atoms with E-state index in [1.54, 1.807) is 0 Å². The molecule has 46 heavy (non-hydrogen) atoms. The molecule has 1 aliphatic heterocycles. The number of para-hydroxylation sites is 2. The number of hydrogen-bond acceptors (Lipinski definition) is 3. The number of fused-ring (bicyclic) bond motifs is 12. The number of anilines is 2. The summed E-state index contributed by atoms with van der Waals surface area (Å²) >= 11 is 0. The number of rotatable bonds is 3. The van der Waals surface area contributed by atoms with E-state index in [1.165, 1.54) is 27.8 Å². The lowest BCUT2D eigenvalue weighted by atomic mass is 9.66. The van der Waals surface area contributed by atoms with E-state index < -0.39 is 5.41 Å². The van der Waals surface area contributed by atoms with E-state index in [1.807, 2.05) is 12.1 Å². The average Bonchev–Trinajstić information content (AvgIpc) is 3.63. The monoisotopic (exact) mass is 589 g/mol. The second kappa shape index (κ2) is 9.47. The molecule has 0 atom stereocenters. The van der Waals surface area contributed by atoms with E-state index in [9.17, 15) is 0 Å². The molecule has 0 radical (unpaired) electrons. The van der Waals surface area contributed by atoms with Crippen LogP contribution in [0.4, 0.5) is 11.4 Å². The van der Waals surface area contributed by atoms with Crippen LogP contribution in [0, 0.1) is 0 Å². The van der Waals surface area contributed by atoms with Crippen molar-refractivity contribution in [1.82, 2.24) is 0 Å². The lowest BCUT2D eigenvalue weighted by Gasteiger charge is -2.39. The molecular formula is C43H27NO2. The fourth-order valence-electron chi connectivity index (χ4n) is 7.78. The molecule has 3 nitrogen and oxygen atoms in total. The first-order valence-corrected chi connectivity index (χ1v) is 15.7. The first-order valence-electron chi connectivity index (χ1n) is 15.7. The van der Waals surface area contributed by atoms with Crippen molar-refractivity contribution in [1.29, 1.82) is 0 Å². The molecule has 0 saturated heterocycles. The Morgan fingerprint density at radius 3 is 1.91 bits per heavy atom. The van der Waals surface area contributed by atoms with E-state index in [4.69, 9.17) is 9.15 Å². The van der Waals surface area contributed by atoms with Gasteiger partial charge >= 0.3 is 0 Å². The van der Waals surface area contributed by atoms with Crippen LogP contribution in [0.15, 0.2) is 162 Å². The Kier molecular flexibility index (Phi) is 5.20. The van der Waals surface area contributed by atoms with Crippen molar-refractivity contribution in [2.75, 3.05) is 5.32 Å².